The molecule has 1 saturated heterocycles. The normalized spacial score (nSPS) is 14.1. The van der Waals surface area contributed by atoms with Gasteiger partial charge in [0, 0.05) is 37.7 Å². The van der Waals surface area contributed by atoms with Crippen molar-refractivity contribution < 1.29 is 9.59 Å². The molecule has 1 fully saturated rings. The lowest BCUT2D eigenvalue weighted by Crippen LogP contribution is -2.49. The zero-order chi connectivity index (χ0) is 14.2. The summed E-state index contributed by atoms with van der Waals surface area (Å²) in [5.41, 5.74) is 0.774. The van der Waals surface area contributed by atoms with E-state index in [-0.39, 0.29) is 12.5 Å². The number of benzene rings is 1. The third kappa shape index (κ3) is 4.41. The maximum atomic E-state index is 11.8. The van der Waals surface area contributed by atoms with Crippen molar-refractivity contribution in [3.8, 4) is 11.8 Å². The summed E-state index contributed by atoms with van der Waals surface area (Å²) in [4.78, 5) is 25.1. The Labute approximate surface area is 118 Å². The van der Waals surface area contributed by atoms with Crippen molar-refractivity contribution in [3.63, 3.8) is 0 Å². The largest absolute Gasteiger partial charge is 0.339 e. The number of hydrogen-bond acceptors (Lipinski definition) is 3. The molecule has 1 heterocycles. The van der Waals surface area contributed by atoms with Crippen LogP contribution in [0.15, 0.2) is 30.3 Å². The van der Waals surface area contributed by atoms with Crippen LogP contribution in [0.3, 0.4) is 0 Å². The molecule has 2 N–H and O–H groups in total. The third-order valence-corrected chi connectivity index (χ3v) is 2.96. The van der Waals surface area contributed by atoms with Crippen LogP contribution >= 0.6 is 0 Å². The molecule has 1 aromatic carbocycles. The van der Waals surface area contributed by atoms with E-state index in [1.807, 2.05) is 30.3 Å². The first-order valence-electron chi connectivity index (χ1n) is 6.59. The first kappa shape index (κ1) is 14.1. The van der Waals surface area contributed by atoms with E-state index < -0.39 is 5.91 Å². The summed E-state index contributed by atoms with van der Waals surface area (Å²) < 4.78 is 0. The maximum absolute atomic E-state index is 11.8. The highest BCUT2D eigenvalue weighted by Gasteiger charge is 2.15. The second-order valence-electron chi connectivity index (χ2n) is 4.43. The molecule has 2 amide bonds. The highest BCUT2D eigenvalue weighted by molar-refractivity contribution is 5.96. The molecule has 0 unspecified atom stereocenters. The number of nitrogens with zero attached hydrogens (tertiary/aromatic N) is 1. The second kappa shape index (κ2) is 7.31. The van der Waals surface area contributed by atoms with Gasteiger partial charge in [-0.2, -0.15) is 0 Å². The molecule has 0 saturated carbocycles. The molecule has 0 atom stereocenters. The van der Waals surface area contributed by atoms with Crippen molar-refractivity contribution in [1.82, 2.24) is 15.5 Å². The Hall–Kier alpha value is -2.32. The monoisotopic (exact) mass is 271 g/mol. The minimum absolute atomic E-state index is 0.00228. The zero-order valence-electron chi connectivity index (χ0n) is 11.2. The average molecular weight is 271 g/mol. The number of amides is 2. The van der Waals surface area contributed by atoms with Crippen LogP contribution in [0.25, 0.3) is 0 Å². The molecule has 1 aliphatic heterocycles. The smallest absolute Gasteiger partial charge is 0.296 e. The highest BCUT2D eigenvalue weighted by atomic mass is 16.2. The topological polar surface area (TPSA) is 61.4 Å². The van der Waals surface area contributed by atoms with Gasteiger partial charge in [0.2, 0.25) is 5.91 Å². The summed E-state index contributed by atoms with van der Waals surface area (Å²) >= 11 is 0. The van der Waals surface area contributed by atoms with E-state index in [2.05, 4.69) is 22.5 Å². The Morgan fingerprint density at radius 3 is 2.60 bits per heavy atom. The second-order valence-corrected chi connectivity index (χ2v) is 4.43. The van der Waals surface area contributed by atoms with Crippen molar-refractivity contribution in [2.75, 3.05) is 32.7 Å². The average Bonchev–Trinajstić information content (AvgIpc) is 2.52. The Morgan fingerprint density at radius 2 is 1.90 bits per heavy atom. The number of nitrogens with one attached hydrogen (secondary N) is 2. The molecular weight excluding hydrogens is 254 g/mol. The summed E-state index contributed by atoms with van der Waals surface area (Å²) in [5, 5.41) is 5.70. The molecule has 0 bridgehead atoms. The summed E-state index contributed by atoms with van der Waals surface area (Å²) in [6, 6.07) is 9.25. The summed E-state index contributed by atoms with van der Waals surface area (Å²) in [7, 11) is 0. The molecule has 2 rings (SSSR count). The highest BCUT2D eigenvalue weighted by Crippen LogP contribution is 1.94. The van der Waals surface area contributed by atoms with E-state index in [0.717, 1.165) is 18.7 Å². The Morgan fingerprint density at radius 1 is 1.20 bits per heavy atom. The van der Waals surface area contributed by atoms with Gasteiger partial charge in [-0.1, -0.05) is 24.1 Å². The Bertz CT molecular complexity index is 525. The lowest BCUT2D eigenvalue weighted by molar-refractivity contribution is -0.132. The SMILES string of the molecule is O=C(C#Cc1ccccc1)NCC(=O)N1CCNCC1. The van der Waals surface area contributed by atoms with Gasteiger partial charge in [-0.15, -0.1) is 0 Å². The lowest BCUT2D eigenvalue weighted by atomic mass is 10.2. The fraction of sp³-hybridized carbons (Fsp3) is 0.333. The zero-order valence-corrected chi connectivity index (χ0v) is 11.2. The molecular formula is C15H17N3O2. The van der Waals surface area contributed by atoms with Crippen molar-refractivity contribution in [1.29, 1.82) is 0 Å². The summed E-state index contributed by atoms with van der Waals surface area (Å²) in [5.74, 6) is 4.72. The standard InChI is InChI=1S/C15H17N3O2/c19-14(7-6-13-4-2-1-3-5-13)17-12-15(20)18-10-8-16-9-11-18/h1-5,16H,8-12H2,(H,17,19). The quantitative estimate of drug-likeness (QED) is 0.719. The molecule has 20 heavy (non-hydrogen) atoms. The number of carbonyl (C=O) groups is 2. The van der Waals surface area contributed by atoms with E-state index in [9.17, 15) is 9.59 Å². The van der Waals surface area contributed by atoms with Crippen LogP contribution in [-0.2, 0) is 9.59 Å². The molecule has 0 radical (unpaired) electrons. The minimum Gasteiger partial charge on any atom is -0.339 e. The van der Waals surface area contributed by atoms with Crippen molar-refractivity contribution >= 4 is 11.8 Å². The van der Waals surface area contributed by atoms with E-state index in [0.29, 0.717) is 13.1 Å². The van der Waals surface area contributed by atoms with Gasteiger partial charge in [0.15, 0.2) is 0 Å². The number of hydrogen-bond donors (Lipinski definition) is 2. The number of piperazine rings is 1. The van der Waals surface area contributed by atoms with Gasteiger partial charge >= 0.3 is 0 Å². The molecule has 104 valence electrons. The summed E-state index contributed by atoms with van der Waals surface area (Å²) in [6.07, 6.45) is 0. The van der Waals surface area contributed by atoms with E-state index in [1.54, 1.807) is 4.90 Å². The van der Waals surface area contributed by atoms with Crippen molar-refractivity contribution in [2.45, 2.75) is 0 Å². The van der Waals surface area contributed by atoms with Gasteiger partial charge in [0.25, 0.3) is 5.91 Å². The maximum Gasteiger partial charge on any atom is 0.296 e. The van der Waals surface area contributed by atoms with Crippen LogP contribution in [-0.4, -0.2) is 49.4 Å². The molecule has 5 nitrogen and oxygen atoms in total. The lowest BCUT2D eigenvalue weighted by Gasteiger charge is -2.27. The predicted molar refractivity (Wildman–Crippen MR) is 75.8 cm³/mol. The van der Waals surface area contributed by atoms with Gasteiger partial charge < -0.3 is 15.5 Å². The van der Waals surface area contributed by atoms with E-state index in [4.69, 9.17) is 0 Å². The number of carbonyl (C=O) groups excluding carboxylic acids is 2. The molecule has 0 aliphatic carbocycles. The van der Waals surface area contributed by atoms with E-state index in [1.165, 1.54) is 0 Å². The molecule has 1 aliphatic rings. The Balaban J connectivity index is 1.78. The van der Waals surface area contributed by atoms with Crippen LogP contribution in [0.5, 0.6) is 0 Å². The molecule has 0 spiro atoms. The minimum atomic E-state index is -0.433. The predicted octanol–water partition coefficient (Wildman–Crippen LogP) is -0.414. The number of rotatable bonds is 2. The van der Waals surface area contributed by atoms with E-state index >= 15 is 0 Å². The van der Waals surface area contributed by atoms with Gasteiger partial charge in [0.1, 0.15) is 0 Å². The third-order valence-electron chi connectivity index (χ3n) is 2.96. The summed E-state index contributed by atoms with van der Waals surface area (Å²) in [6.45, 7) is 2.97. The molecule has 0 aromatic heterocycles. The van der Waals surface area contributed by atoms with Crippen LogP contribution in [0.1, 0.15) is 5.56 Å². The van der Waals surface area contributed by atoms with Gasteiger partial charge in [0.05, 0.1) is 6.54 Å². The fourth-order valence-corrected chi connectivity index (χ4v) is 1.88. The molecule has 1 aromatic rings. The molecule has 5 heteroatoms. The van der Waals surface area contributed by atoms with Crippen LogP contribution in [0, 0.1) is 11.8 Å². The van der Waals surface area contributed by atoms with Crippen LogP contribution in [0.4, 0.5) is 0 Å². The van der Waals surface area contributed by atoms with Crippen molar-refractivity contribution in [2.24, 2.45) is 0 Å². The van der Waals surface area contributed by atoms with Crippen LogP contribution < -0.4 is 10.6 Å². The van der Waals surface area contributed by atoms with Gasteiger partial charge in [-0.05, 0) is 12.1 Å². The van der Waals surface area contributed by atoms with Crippen molar-refractivity contribution in [3.05, 3.63) is 35.9 Å². The fourth-order valence-electron chi connectivity index (χ4n) is 1.88. The van der Waals surface area contributed by atoms with Gasteiger partial charge in [-0.3, -0.25) is 9.59 Å². The van der Waals surface area contributed by atoms with Crippen LogP contribution in [0.2, 0.25) is 0 Å². The first-order chi connectivity index (χ1) is 9.75. The first-order valence-corrected chi connectivity index (χ1v) is 6.59. The Kier molecular flexibility index (Phi) is 5.15. The van der Waals surface area contributed by atoms with Gasteiger partial charge in [-0.25, -0.2) is 0 Å².